The minimum absolute atomic E-state index is 0.107. The van der Waals surface area contributed by atoms with Crippen molar-refractivity contribution in [2.24, 2.45) is 5.73 Å². The van der Waals surface area contributed by atoms with E-state index in [1.54, 1.807) is 7.11 Å². The van der Waals surface area contributed by atoms with E-state index in [4.69, 9.17) is 26.8 Å². The molecule has 0 bridgehead atoms. The molecule has 112 valence electrons. The molecule has 3 nitrogen and oxygen atoms in total. The standard InChI is InChI=1S/C17H20ClNO2/c1-12(19)17(14-5-7-15(18)8-6-14)21-11-13-3-9-16(20-2)10-4-13/h3-10,12,17H,11,19H2,1-2H3. The number of benzene rings is 2. The van der Waals surface area contributed by atoms with Crippen LogP contribution in [0.15, 0.2) is 48.5 Å². The normalized spacial score (nSPS) is 13.7. The van der Waals surface area contributed by atoms with Gasteiger partial charge in [-0.15, -0.1) is 0 Å². The molecule has 2 atom stereocenters. The van der Waals surface area contributed by atoms with E-state index in [1.807, 2.05) is 55.5 Å². The van der Waals surface area contributed by atoms with E-state index in [9.17, 15) is 0 Å². The minimum Gasteiger partial charge on any atom is -0.497 e. The van der Waals surface area contributed by atoms with Crippen LogP contribution in [-0.2, 0) is 11.3 Å². The lowest BCUT2D eigenvalue weighted by Gasteiger charge is -2.22. The first-order valence-corrected chi connectivity index (χ1v) is 7.23. The van der Waals surface area contributed by atoms with Crippen LogP contribution in [0.25, 0.3) is 0 Å². The van der Waals surface area contributed by atoms with Crippen molar-refractivity contribution < 1.29 is 9.47 Å². The fourth-order valence-corrected chi connectivity index (χ4v) is 2.24. The zero-order chi connectivity index (χ0) is 15.2. The van der Waals surface area contributed by atoms with Gasteiger partial charge in [0, 0.05) is 11.1 Å². The predicted octanol–water partition coefficient (Wildman–Crippen LogP) is 3.95. The predicted molar refractivity (Wildman–Crippen MR) is 85.6 cm³/mol. The van der Waals surface area contributed by atoms with Gasteiger partial charge in [0.2, 0.25) is 0 Å². The molecular formula is C17H20ClNO2. The van der Waals surface area contributed by atoms with E-state index in [1.165, 1.54) is 0 Å². The van der Waals surface area contributed by atoms with Gasteiger partial charge in [0.05, 0.1) is 19.8 Å². The summed E-state index contributed by atoms with van der Waals surface area (Å²) in [5, 5.41) is 0.706. The van der Waals surface area contributed by atoms with Crippen molar-refractivity contribution in [3.05, 3.63) is 64.7 Å². The summed E-state index contributed by atoms with van der Waals surface area (Å²) in [4.78, 5) is 0. The van der Waals surface area contributed by atoms with Crippen molar-refractivity contribution in [3.63, 3.8) is 0 Å². The molecule has 0 fully saturated rings. The third-order valence-electron chi connectivity index (χ3n) is 3.26. The van der Waals surface area contributed by atoms with Gasteiger partial charge in [0.15, 0.2) is 0 Å². The molecule has 0 radical (unpaired) electrons. The van der Waals surface area contributed by atoms with E-state index in [0.717, 1.165) is 16.9 Å². The molecule has 0 aliphatic rings. The summed E-state index contributed by atoms with van der Waals surface area (Å²) in [6.45, 7) is 2.44. The number of ether oxygens (including phenoxy) is 2. The van der Waals surface area contributed by atoms with Crippen molar-refractivity contribution in [2.75, 3.05) is 7.11 Å². The Labute approximate surface area is 130 Å². The van der Waals surface area contributed by atoms with E-state index in [0.29, 0.717) is 11.6 Å². The van der Waals surface area contributed by atoms with Crippen LogP contribution in [0.1, 0.15) is 24.2 Å². The van der Waals surface area contributed by atoms with E-state index >= 15 is 0 Å². The quantitative estimate of drug-likeness (QED) is 0.878. The van der Waals surface area contributed by atoms with Crippen molar-refractivity contribution in [1.82, 2.24) is 0 Å². The highest BCUT2D eigenvalue weighted by molar-refractivity contribution is 6.30. The zero-order valence-electron chi connectivity index (χ0n) is 12.3. The molecule has 0 aliphatic heterocycles. The molecule has 0 saturated heterocycles. The Morgan fingerprint density at radius 3 is 2.19 bits per heavy atom. The van der Waals surface area contributed by atoms with Crippen LogP contribution < -0.4 is 10.5 Å². The van der Waals surface area contributed by atoms with Gasteiger partial charge in [0.1, 0.15) is 5.75 Å². The van der Waals surface area contributed by atoms with Crippen molar-refractivity contribution in [3.8, 4) is 5.75 Å². The van der Waals surface area contributed by atoms with Crippen LogP contribution in [-0.4, -0.2) is 13.2 Å². The molecule has 21 heavy (non-hydrogen) atoms. The first-order chi connectivity index (χ1) is 10.1. The maximum atomic E-state index is 6.04. The molecule has 2 rings (SSSR count). The number of hydrogen-bond acceptors (Lipinski definition) is 3. The van der Waals surface area contributed by atoms with Gasteiger partial charge in [-0.05, 0) is 42.3 Å². The summed E-state index contributed by atoms with van der Waals surface area (Å²) >= 11 is 5.91. The summed E-state index contributed by atoms with van der Waals surface area (Å²) < 4.78 is 11.1. The molecule has 0 aromatic heterocycles. The topological polar surface area (TPSA) is 44.5 Å². The lowest BCUT2D eigenvalue weighted by molar-refractivity contribution is 0.0259. The number of methoxy groups -OCH3 is 1. The van der Waals surface area contributed by atoms with Crippen LogP contribution in [0, 0.1) is 0 Å². The second-order valence-corrected chi connectivity index (χ2v) is 5.43. The lowest BCUT2D eigenvalue weighted by atomic mass is 10.0. The van der Waals surface area contributed by atoms with Crippen LogP contribution in [0.2, 0.25) is 5.02 Å². The van der Waals surface area contributed by atoms with Gasteiger partial charge in [-0.3, -0.25) is 0 Å². The third-order valence-corrected chi connectivity index (χ3v) is 3.52. The second kappa shape index (κ2) is 7.46. The highest BCUT2D eigenvalue weighted by atomic mass is 35.5. The van der Waals surface area contributed by atoms with E-state index < -0.39 is 0 Å². The third kappa shape index (κ3) is 4.46. The van der Waals surface area contributed by atoms with Gasteiger partial charge in [-0.25, -0.2) is 0 Å². The van der Waals surface area contributed by atoms with Crippen LogP contribution in [0.4, 0.5) is 0 Å². The number of rotatable bonds is 6. The largest absolute Gasteiger partial charge is 0.497 e. The van der Waals surface area contributed by atoms with E-state index in [-0.39, 0.29) is 12.1 Å². The zero-order valence-corrected chi connectivity index (χ0v) is 13.0. The van der Waals surface area contributed by atoms with Gasteiger partial charge in [-0.1, -0.05) is 35.9 Å². The van der Waals surface area contributed by atoms with Crippen LogP contribution in [0.3, 0.4) is 0 Å². The van der Waals surface area contributed by atoms with Gasteiger partial charge >= 0.3 is 0 Å². The number of hydrogen-bond donors (Lipinski definition) is 1. The average Bonchev–Trinajstić information content (AvgIpc) is 2.49. The van der Waals surface area contributed by atoms with E-state index in [2.05, 4.69) is 0 Å². The fraction of sp³-hybridized carbons (Fsp3) is 0.294. The summed E-state index contributed by atoms with van der Waals surface area (Å²) in [6, 6.07) is 15.3. The first kappa shape index (κ1) is 15.8. The minimum atomic E-state index is -0.163. The summed E-state index contributed by atoms with van der Waals surface area (Å²) in [6.07, 6.45) is -0.163. The molecule has 4 heteroatoms. The summed E-state index contributed by atoms with van der Waals surface area (Å²) in [7, 11) is 1.65. The van der Waals surface area contributed by atoms with Crippen molar-refractivity contribution in [2.45, 2.75) is 25.7 Å². The molecule has 2 aromatic rings. The molecule has 0 aliphatic carbocycles. The maximum absolute atomic E-state index is 6.04. The van der Waals surface area contributed by atoms with Crippen molar-refractivity contribution >= 4 is 11.6 Å². The molecule has 0 heterocycles. The first-order valence-electron chi connectivity index (χ1n) is 6.85. The molecule has 0 spiro atoms. The SMILES string of the molecule is COc1ccc(COC(c2ccc(Cl)cc2)C(C)N)cc1. The molecule has 0 saturated carbocycles. The summed E-state index contributed by atoms with van der Waals surface area (Å²) in [5.41, 5.74) is 8.15. The Kier molecular flexibility index (Phi) is 5.62. The van der Waals surface area contributed by atoms with Gasteiger partial charge < -0.3 is 15.2 Å². The van der Waals surface area contributed by atoms with Crippen molar-refractivity contribution in [1.29, 1.82) is 0 Å². The lowest BCUT2D eigenvalue weighted by Crippen LogP contribution is -2.26. The number of halogens is 1. The average molecular weight is 306 g/mol. The molecule has 2 unspecified atom stereocenters. The molecular weight excluding hydrogens is 286 g/mol. The fourth-order valence-electron chi connectivity index (χ4n) is 2.11. The summed E-state index contributed by atoms with van der Waals surface area (Å²) in [5.74, 6) is 0.834. The molecule has 2 N–H and O–H groups in total. The molecule has 0 amide bonds. The highest BCUT2D eigenvalue weighted by Gasteiger charge is 2.17. The van der Waals surface area contributed by atoms with Crippen LogP contribution >= 0.6 is 11.6 Å². The van der Waals surface area contributed by atoms with Crippen LogP contribution in [0.5, 0.6) is 5.75 Å². The van der Waals surface area contributed by atoms with Gasteiger partial charge in [-0.2, -0.15) is 0 Å². The Hall–Kier alpha value is -1.55. The monoisotopic (exact) mass is 305 g/mol. The highest BCUT2D eigenvalue weighted by Crippen LogP contribution is 2.24. The Morgan fingerprint density at radius 1 is 1.05 bits per heavy atom. The Balaban J connectivity index is 2.04. The maximum Gasteiger partial charge on any atom is 0.118 e. The smallest absolute Gasteiger partial charge is 0.118 e. The van der Waals surface area contributed by atoms with Gasteiger partial charge in [0.25, 0.3) is 0 Å². The Bertz CT molecular complexity index is 552. The second-order valence-electron chi connectivity index (χ2n) is 4.99. The Morgan fingerprint density at radius 2 is 1.67 bits per heavy atom. The molecule has 2 aromatic carbocycles. The number of nitrogens with two attached hydrogens (primary N) is 1.